The summed E-state index contributed by atoms with van der Waals surface area (Å²) in [5.74, 6) is -0.765. The molecule has 1 aromatic heterocycles. The fourth-order valence-electron chi connectivity index (χ4n) is 2.55. The molecule has 0 aliphatic rings. The first-order chi connectivity index (χ1) is 14.3. The maximum atomic E-state index is 12.5. The number of nitro benzene ring substituents is 1. The van der Waals surface area contributed by atoms with Crippen molar-refractivity contribution in [1.82, 2.24) is 10.2 Å². The van der Waals surface area contributed by atoms with Crippen LogP contribution in [0.1, 0.15) is 16.1 Å². The molecule has 3 rings (SSSR count). The van der Waals surface area contributed by atoms with E-state index in [4.69, 9.17) is 9.47 Å². The lowest BCUT2D eigenvalue weighted by atomic mass is 10.2. The van der Waals surface area contributed by atoms with E-state index in [9.17, 15) is 25.0 Å². The molecule has 2 aromatic carbocycles. The molecule has 1 heterocycles. The molecule has 30 heavy (non-hydrogen) atoms. The molecular formula is C18H15N5O7. The Labute approximate surface area is 168 Å². The summed E-state index contributed by atoms with van der Waals surface area (Å²) in [5.41, 5.74) is -0.461. The number of carbonyl (C=O) groups is 1. The van der Waals surface area contributed by atoms with E-state index < -0.39 is 27.1 Å². The highest BCUT2D eigenvalue weighted by atomic mass is 16.6. The van der Waals surface area contributed by atoms with Crippen molar-refractivity contribution < 1.29 is 24.1 Å². The van der Waals surface area contributed by atoms with Gasteiger partial charge in [0.15, 0.2) is 0 Å². The van der Waals surface area contributed by atoms with Gasteiger partial charge >= 0.3 is 11.6 Å². The average molecular weight is 413 g/mol. The van der Waals surface area contributed by atoms with Crippen LogP contribution in [0.15, 0.2) is 42.5 Å². The number of methoxy groups -OCH3 is 1. The number of non-ortho nitro benzene ring substituents is 1. The smallest absolute Gasteiger partial charge is 0.362 e. The van der Waals surface area contributed by atoms with Crippen molar-refractivity contribution in [3.63, 3.8) is 0 Å². The Bertz CT molecular complexity index is 1120. The number of aryl methyl sites for hydroxylation is 1. The zero-order valence-corrected chi connectivity index (χ0v) is 15.7. The predicted octanol–water partition coefficient (Wildman–Crippen LogP) is 3.59. The number of amides is 1. The molecule has 0 atom stereocenters. The highest BCUT2D eigenvalue weighted by molar-refractivity contribution is 6.06. The quantitative estimate of drug-likeness (QED) is 0.438. The van der Waals surface area contributed by atoms with Gasteiger partial charge in [-0.2, -0.15) is 0 Å². The van der Waals surface area contributed by atoms with Crippen molar-refractivity contribution in [2.24, 2.45) is 0 Å². The Morgan fingerprint density at radius 1 is 1.07 bits per heavy atom. The minimum absolute atomic E-state index is 0.000763. The van der Waals surface area contributed by atoms with Crippen LogP contribution in [0.2, 0.25) is 0 Å². The Morgan fingerprint density at radius 3 is 2.37 bits per heavy atom. The van der Waals surface area contributed by atoms with Crippen LogP contribution >= 0.6 is 0 Å². The average Bonchev–Trinajstić information content (AvgIpc) is 3.14. The highest BCUT2D eigenvalue weighted by Gasteiger charge is 2.30. The lowest BCUT2D eigenvalue weighted by Crippen LogP contribution is -2.14. The molecule has 0 bridgehead atoms. The van der Waals surface area contributed by atoms with Gasteiger partial charge in [-0.05, 0) is 19.1 Å². The number of carbonyl (C=O) groups excluding carboxylic acids is 1. The van der Waals surface area contributed by atoms with E-state index in [1.807, 2.05) is 6.92 Å². The highest BCUT2D eigenvalue weighted by Crippen LogP contribution is 2.32. The number of nitro groups is 2. The molecule has 12 nitrogen and oxygen atoms in total. The summed E-state index contributed by atoms with van der Waals surface area (Å²) >= 11 is 0. The summed E-state index contributed by atoms with van der Waals surface area (Å²) in [6, 6.07) is 10.6. The van der Waals surface area contributed by atoms with Gasteiger partial charge in [0.1, 0.15) is 11.5 Å². The molecule has 0 unspecified atom stereocenters. The van der Waals surface area contributed by atoms with E-state index in [1.165, 1.54) is 19.2 Å². The van der Waals surface area contributed by atoms with Crippen molar-refractivity contribution in [1.29, 1.82) is 0 Å². The number of nitrogens with zero attached hydrogens (tertiary/aromatic N) is 3. The van der Waals surface area contributed by atoms with E-state index in [2.05, 4.69) is 15.5 Å². The molecule has 0 spiro atoms. The maximum absolute atomic E-state index is 12.5. The molecule has 3 aromatic rings. The lowest BCUT2D eigenvalue weighted by Gasteiger charge is -2.09. The van der Waals surface area contributed by atoms with E-state index in [-0.39, 0.29) is 23.0 Å². The molecule has 154 valence electrons. The topological polar surface area (TPSA) is 163 Å². The molecular weight excluding hydrogens is 398 g/mol. The van der Waals surface area contributed by atoms with Crippen LogP contribution in [-0.4, -0.2) is 33.1 Å². The third-order valence-electron chi connectivity index (χ3n) is 3.93. The first kappa shape index (κ1) is 20.3. The maximum Gasteiger partial charge on any atom is 0.362 e. The molecule has 2 N–H and O–H groups in total. The Kier molecular flexibility index (Phi) is 5.58. The summed E-state index contributed by atoms with van der Waals surface area (Å²) in [7, 11) is 1.17. The number of aromatic amines is 1. The first-order valence-electron chi connectivity index (χ1n) is 8.40. The SMILES string of the molecule is COc1n[nH]c(C(=O)Nc2cc(Oc3ccc(C)cc3)cc([N+](=O)[O-])c2)c1[N+](=O)[O-]. The fourth-order valence-corrected chi connectivity index (χ4v) is 2.55. The van der Waals surface area contributed by atoms with Crippen LogP contribution in [0.3, 0.4) is 0 Å². The zero-order chi connectivity index (χ0) is 21.8. The minimum atomic E-state index is -0.931. The van der Waals surface area contributed by atoms with Crippen molar-refractivity contribution in [2.45, 2.75) is 6.92 Å². The molecule has 0 saturated carbocycles. The lowest BCUT2D eigenvalue weighted by molar-refractivity contribution is -0.386. The third-order valence-corrected chi connectivity index (χ3v) is 3.93. The van der Waals surface area contributed by atoms with Crippen LogP contribution in [0.5, 0.6) is 17.4 Å². The van der Waals surface area contributed by atoms with Gasteiger partial charge in [-0.15, -0.1) is 5.10 Å². The fraction of sp³-hybridized carbons (Fsp3) is 0.111. The largest absolute Gasteiger partial charge is 0.475 e. The van der Waals surface area contributed by atoms with Crippen molar-refractivity contribution in [2.75, 3.05) is 12.4 Å². The van der Waals surface area contributed by atoms with Gasteiger partial charge in [0, 0.05) is 12.1 Å². The van der Waals surface area contributed by atoms with Crippen LogP contribution in [-0.2, 0) is 0 Å². The van der Waals surface area contributed by atoms with Gasteiger partial charge < -0.3 is 14.8 Å². The Balaban J connectivity index is 1.92. The summed E-state index contributed by atoms with van der Waals surface area (Å²) in [6.45, 7) is 1.90. The second kappa shape index (κ2) is 8.26. The molecule has 0 saturated heterocycles. The van der Waals surface area contributed by atoms with Gasteiger partial charge in [0.05, 0.1) is 28.7 Å². The number of nitrogens with one attached hydrogen (secondary N) is 2. The molecule has 0 aliphatic heterocycles. The number of anilines is 1. The standard InChI is InChI=1S/C18H15N5O7/c1-10-3-5-13(6-4-10)30-14-8-11(7-12(9-14)22(25)26)19-17(24)15-16(23(27)28)18(29-2)21-20-15/h3-9H,1-2H3,(H,19,24)(H,20,21). The molecule has 1 amide bonds. The monoisotopic (exact) mass is 413 g/mol. The predicted molar refractivity (Wildman–Crippen MR) is 104 cm³/mol. The Hall–Kier alpha value is -4.48. The van der Waals surface area contributed by atoms with Crippen LogP contribution in [0, 0.1) is 27.2 Å². The number of rotatable bonds is 7. The van der Waals surface area contributed by atoms with Crippen LogP contribution in [0.4, 0.5) is 17.1 Å². The summed E-state index contributed by atoms with van der Waals surface area (Å²) < 4.78 is 10.4. The van der Waals surface area contributed by atoms with Gasteiger partial charge in [0.25, 0.3) is 11.6 Å². The van der Waals surface area contributed by atoms with Gasteiger partial charge in [-0.25, -0.2) is 0 Å². The summed E-state index contributed by atoms with van der Waals surface area (Å²) in [6.07, 6.45) is 0. The van der Waals surface area contributed by atoms with Crippen LogP contribution < -0.4 is 14.8 Å². The molecule has 0 aliphatic carbocycles. The number of H-pyrrole nitrogens is 1. The third kappa shape index (κ3) is 4.32. The Morgan fingerprint density at radius 2 is 1.77 bits per heavy atom. The summed E-state index contributed by atoms with van der Waals surface area (Å²) in [5, 5.41) is 30.6. The van der Waals surface area contributed by atoms with Crippen molar-refractivity contribution in [3.8, 4) is 17.4 Å². The second-order valence-electron chi connectivity index (χ2n) is 6.06. The second-order valence-corrected chi connectivity index (χ2v) is 6.06. The summed E-state index contributed by atoms with van der Waals surface area (Å²) in [4.78, 5) is 33.5. The number of aromatic nitrogens is 2. The van der Waals surface area contributed by atoms with E-state index in [0.717, 1.165) is 11.6 Å². The number of hydrogen-bond donors (Lipinski definition) is 2. The number of hydrogen-bond acceptors (Lipinski definition) is 8. The van der Waals surface area contributed by atoms with Crippen molar-refractivity contribution >= 4 is 23.0 Å². The molecule has 12 heteroatoms. The minimum Gasteiger partial charge on any atom is -0.475 e. The zero-order valence-electron chi connectivity index (χ0n) is 15.7. The number of benzene rings is 2. The first-order valence-corrected chi connectivity index (χ1v) is 8.40. The van der Waals surface area contributed by atoms with E-state index >= 15 is 0 Å². The van der Waals surface area contributed by atoms with E-state index in [0.29, 0.717) is 5.75 Å². The van der Waals surface area contributed by atoms with Crippen LogP contribution in [0.25, 0.3) is 0 Å². The normalized spacial score (nSPS) is 10.3. The van der Waals surface area contributed by atoms with E-state index in [1.54, 1.807) is 24.3 Å². The van der Waals surface area contributed by atoms with Gasteiger partial charge in [-0.3, -0.25) is 30.1 Å². The van der Waals surface area contributed by atoms with Crippen molar-refractivity contribution in [3.05, 3.63) is 74.0 Å². The van der Waals surface area contributed by atoms with Gasteiger partial charge in [-0.1, -0.05) is 17.7 Å². The number of ether oxygens (including phenoxy) is 2. The molecule has 0 radical (unpaired) electrons. The van der Waals surface area contributed by atoms with Gasteiger partial charge in [0.2, 0.25) is 5.69 Å². The molecule has 0 fully saturated rings.